The van der Waals surface area contributed by atoms with E-state index < -0.39 is 74.3 Å². The van der Waals surface area contributed by atoms with Crippen LogP contribution in [-0.2, 0) is 29.1 Å². The molecule has 0 bridgehead atoms. The Labute approximate surface area is 310 Å². The molecule has 1 aromatic carbocycles. The van der Waals surface area contributed by atoms with Gasteiger partial charge in [-0.25, -0.2) is 23.2 Å². The fourth-order valence-corrected chi connectivity index (χ4v) is 8.44. The van der Waals surface area contributed by atoms with Gasteiger partial charge >= 0.3 is 6.09 Å². The first-order chi connectivity index (χ1) is 25.0. The summed E-state index contributed by atoms with van der Waals surface area (Å²) in [7, 11) is -2.36. The Bertz CT molecular complexity index is 1890. The van der Waals surface area contributed by atoms with Crippen LogP contribution in [0.4, 0.5) is 4.79 Å². The SMILES string of the molecule is COc1ccc2ncc(O[C@@H]3C[C@H]4C(=O)N[C@]5(C(=O)NS(=O)(=O)C6CC6)C[C@H]5/C=C\[C@@H](C)CCC[C@@H](C)[C@H](NC(=O)OC(C)(C)C)C(=O)N4C3)nc2c1. The van der Waals surface area contributed by atoms with Crippen molar-refractivity contribution in [2.24, 2.45) is 17.8 Å². The normalized spacial score (nSPS) is 30.1. The molecule has 1 aromatic heterocycles. The van der Waals surface area contributed by atoms with E-state index >= 15 is 0 Å². The van der Waals surface area contributed by atoms with E-state index in [4.69, 9.17) is 14.2 Å². The molecule has 53 heavy (non-hydrogen) atoms. The highest BCUT2D eigenvalue weighted by atomic mass is 32.2. The number of hydrogen-bond acceptors (Lipinski definition) is 11. The van der Waals surface area contributed by atoms with Crippen LogP contribution in [0.25, 0.3) is 11.0 Å². The lowest BCUT2D eigenvalue weighted by Gasteiger charge is -2.32. The molecule has 0 unspecified atom stereocenters. The fourth-order valence-electron chi connectivity index (χ4n) is 7.08. The Morgan fingerprint density at radius 1 is 1.06 bits per heavy atom. The van der Waals surface area contributed by atoms with Gasteiger partial charge in [0.15, 0.2) is 0 Å². The molecule has 2 saturated carbocycles. The van der Waals surface area contributed by atoms with E-state index in [2.05, 4.69) is 25.3 Å². The number of aromatic nitrogens is 2. The number of rotatable bonds is 7. The molecule has 16 heteroatoms. The Hall–Kier alpha value is -4.47. The Balaban J connectivity index is 1.32. The van der Waals surface area contributed by atoms with Gasteiger partial charge < -0.3 is 29.7 Å². The standard InChI is InChI=1S/C37H50N6O9S/c1-21-8-7-9-22(2)31(40-35(47)52-36(3,4)5)33(45)43-20-25(51-30-19-38-27-15-12-24(50-6)16-28(27)39-30)17-29(43)32(44)41-37(18-23(37)11-10-21)34(46)42-53(48,49)26-13-14-26/h10-12,15-16,19,21-23,25-26,29,31H,7-9,13-14,17-18,20H2,1-6H3,(H,40,47)(H,41,44)(H,42,46)/b11-10-/t21-,22+,23+,25+,29-,31-,37+/m0/s1. The molecule has 6 rings (SSSR count). The van der Waals surface area contributed by atoms with Crippen molar-refractivity contribution in [3.8, 4) is 11.6 Å². The molecule has 1 saturated heterocycles. The van der Waals surface area contributed by atoms with Crippen molar-refractivity contribution in [3.63, 3.8) is 0 Å². The number of carbonyl (C=O) groups excluding carboxylic acids is 4. The zero-order chi connectivity index (χ0) is 38.3. The summed E-state index contributed by atoms with van der Waals surface area (Å²) in [6.07, 6.45) is 7.10. The van der Waals surface area contributed by atoms with Crippen molar-refractivity contribution in [1.29, 1.82) is 0 Å². The number of benzene rings is 1. The minimum atomic E-state index is -3.90. The predicted octanol–water partition coefficient (Wildman–Crippen LogP) is 3.38. The molecule has 15 nitrogen and oxygen atoms in total. The van der Waals surface area contributed by atoms with Gasteiger partial charge in [0.05, 0.1) is 36.1 Å². The summed E-state index contributed by atoms with van der Waals surface area (Å²) in [5.74, 6) is -1.86. The number of allylic oxidation sites excluding steroid dienone is 1. The first-order valence-electron chi connectivity index (χ1n) is 18.3. The lowest BCUT2D eigenvalue weighted by Crippen LogP contribution is -2.59. The molecule has 2 aliphatic carbocycles. The molecule has 0 spiro atoms. The third-order valence-corrected chi connectivity index (χ3v) is 12.1. The van der Waals surface area contributed by atoms with Crippen molar-refractivity contribution in [3.05, 3.63) is 36.5 Å². The monoisotopic (exact) mass is 754 g/mol. The third kappa shape index (κ3) is 8.85. The minimum Gasteiger partial charge on any atom is -0.497 e. The highest BCUT2D eigenvalue weighted by Crippen LogP contribution is 2.46. The highest BCUT2D eigenvalue weighted by Gasteiger charge is 2.62. The second-order valence-corrected chi connectivity index (χ2v) is 17.8. The quantitative estimate of drug-likeness (QED) is 0.351. The van der Waals surface area contributed by atoms with Gasteiger partial charge in [0.25, 0.3) is 5.91 Å². The summed E-state index contributed by atoms with van der Waals surface area (Å²) in [4.78, 5) is 66.2. The van der Waals surface area contributed by atoms with Crippen LogP contribution in [0.2, 0.25) is 0 Å². The first-order valence-corrected chi connectivity index (χ1v) is 19.9. The minimum absolute atomic E-state index is 0.0263. The fraction of sp³-hybridized carbons (Fsp3) is 0.622. The number of nitrogens with one attached hydrogen (secondary N) is 3. The maximum Gasteiger partial charge on any atom is 0.408 e. The van der Waals surface area contributed by atoms with Crippen molar-refractivity contribution in [1.82, 2.24) is 30.2 Å². The highest BCUT2D eigenvalue weighted by molar-refractivity contribution is 7.91. The zero-order valence-electron chi connectivity index (χ0n) is 31.1. The summed E-state index contributed by atoms with van der Waals surface area (Å²) < 4.78 is 45.0. The van der Waals surface area contributed by atoms with E-state index in [1.807, 2.05) is 26.0 Å². The number of hydrogen-bond donors (Lipinski definition) is 3. The van der Waals surface area contributed by atoms with Gasteiger partial charge in [0.1, 0.15) is 35.1 Å². The molecule has 3 heterocycles. The number of ether oxygens (including phenoxy) is 3. The average molecular weight is 755 g/mol. The van der Waals surface area contributed by atoms with Crippen molar-refractivity contribution in [2.45, 2.75) is 114 Å². The van der Waals surface area contributed by atoms with E-state index in [0.29, 0.717) is 36.0 Å². The second-order valence-electron chi connectivity index (χ2n) is 15.9. The molecule has 4 amide bonds. The predicted molar refractivity (Wildman–Crippen MR) is 194 cm³/mol. The Kier molecular flexibility index (Phi) is 10.6. The van der Waals surface area contributed by atoms with E-state index in [0.717, 1.165) is 12.8 Å². The molecule has 4 aliphatic rings. The molecule has 3 fully saturated rings. The average Bonchev–Trinajstić information content (AvgIpc) is 4.01. The summed E-state index contributed by atoms with van der Waals surface area (Å²) >= 11 is 0. The molecule has 288 valence electrons. The van der Waals surface area contributed by atoms with Gasteiger partial charge in [-0.15, -0.1) is 0 Å². The van der Waals surface area contributed by atoms with Gasteiger partial charge in [0.2, 0.25) is 27.7 Å². The van der Waals surface area contributed by atoms with Crippen LogP contribution >= 0.6 is 0 Å². The number of carbonyl (C=O) groups is 4. The number of sulfonamides is 1. The summed E-state index contributed by atoms with van der Waals surface area (Å²) in [5, 5.41) is 5.02. The maximum absolute atomic E-state index is 14.6. The Morgan fingerprint density at radius 2 is 1.81 bits per heavy atom. The van der Waals surface area contributed by atoms with E-state index in [1.165, 1.54) is 11.1 Å². The molecule has 0 radical (unpaired) electrons. The van der Waals surface area contributed by atoms with Crippen LogP contribution in [0.5, 0.6) is 11.6 Å². The molecular formula is C37H50N6O9S. The van der Waals surface area contributed by atoms with Crippen molar-refractivity contribution < 1.29 is 41.8 Å². The van der Waals surface area contributed by atoms with Gasteiger partial charge in [-0.3, -0.25) is 19.1 Å². The molecule has 7 atom stereocenters. The zero-order valence-corrected chi connectivity index (χ0v) is 31.9. The topological polar surface area (TPSA) is 195 Å². The van der Waals surface area contributed by atoms with Crippen LogP contribution in [-0.4, -0.2) is 95.3 Å². The second kappa shape index (κ2) is 14.7. The third-order valence-electron chi connectivity index (χ3n) is 10.3. The van der Waals surface area contributed by atoms with Crippen LogP contribution in [0.1, 0.15) is 79.6 Å². The van der Waals surface area contributed by atoms with Gasteiger partial charge in [-0.1, -0.05) is 32.4 Å². The van der Waals surface area contributed by atoms with Gasteiger partial charge in [-0.05, 0) is 76.8 Å². The number of amides is 4. The van der Waals surface area contributed by atoms with Crippen molar-refractivity contribution >= 4 is 44.9 Å². The first kappa shape index (κ1) is 38.3. The van der Waals surface area contributed by atoms with Crippen LogP contribution in [0.3, 0.4) is 0 Å². The van der Waals surface area contributed by atoms with Crippen LogP contribution in [0.15, 0.2) is 36.5 Å². The number of fused-ring (bicyclic) bond motifs is 3. The van der Waals surface area contributed by atoms with E-state index in [9.17, 15) is 27.6 Å². The lowest BCUT2D eigenvalue weighted by molar-refractivity contribution is -0.142. The molecule has 2 aliphatic heterocycles. The summed E-state index contributed by atoms with van der Waals surface area (Å²) in [5.41, 5.74) is -1.20. The molecular weight excluding hydrogens is 705 g/mol. The smallest absolute Gasteiger partial charge is 0.408 e. The number of methoxy groups -OCH3 is 1. The summed E-state index contributed by atoms with van der Waals surface area (Å²) in [6, 6.07) is 3.07. The van der Waals surface area contributed by atoms with Gasteiger partial charge in [0, 0.05) is 18.4 Å². The Morgan fingerprint density at radius 3 is 2.51 bits per heavy atom. The lowest BCUT2D eigenvalue weighted by atomic mass is 9.92. The number of nitrogens with zero attached hydrogens (tertiary/aromatic N) is 3. The van der Waals surface area contributed by atoms with Crippen molar-refractivity contribution in [2.75, 3.05) is 13.7 Å². The maximum atomic E-state index is 14.6. The van der Waals surface area contributed by atoms with E-state index in [-0.39, 0.29) is 37.1 Å². The van der Waals surface area contributed by atoms with E-state index in [1.54, 1.807) is 46.1 Å². The van der Waals surface area contributed by atoms with Gasteiger partial charge in [-0.2, -0.15) is 0 Å². The molecule has 2 aromatic rings. The van der Waals surface area contributed by atoms with Crippen LogP contribution < -0.4 is 24.8 Å². The van der Waals surface area contributed by atoms with Crippen LogP contribution in [0, 0.1) is 17.8 Å². The summed E-state index contributed by atoms with van der Waals surface area (Å²) in [6.45, 7) is 9.06. The largest absolute Gasteiger partial charge is 0.497 e. The number of alkyl carbamates (subject to hydrolysis) is 1. The molecule has 3 N–H and O–H groups in total.